The maximum Gasteiger partial charge on any atom is 0.255 e. The fourth-order valence-electron chi connectivity index (χ4n) is 4.33. The number of nitrogen functional groups attached to an aromatic ring is 1. The number of halogens is 1. The van der Waals surface area contributed by atoms with Crippen LogP contribution in [-0.2, 0) is 6.42 Å². The van der Waals surface area contributed by atoms with Crippen LogP contribution in [0.3, 0.4) is 0 Å². The maximum atomic E-state index is 14.3. The Balaban J connectivity index is 1.61. The van der Waals surface area contributed by atoms with E-state index in [0.29, 0.717) is 46.5 Å². The Kier molecular flexibility index (Phi) is 6.14. The van der Waals surface area contributed by atoms with Crippen molar-refractivity contribution in [2.75, 3.05) is 30.7 Å². The third-order valence-electron chi connectivity index (χ3n) is 6.09. The Morgan fingerprint density at radius 3 is 2.72 bits per heavy atom. The standard InChI is InChI=1S/C26H22FN7O2/c27-16-6-7-20-18(10-16)23(26(36)34-12-17(35)13-34)22(15-4-2-1-3-5-15)21(33-20)8-9-30-25-19(11-28)24(29)31-14-32-25/h1-7,10,14,17,35H,8-9,12-13H2,(H3,29,30,31,32). The summed E-state index contributed by atoms with van der Waals surface area (Å²) in [5.41, 5.74) is 8.75. The van der Waals surface area contributed by atoms with Gasteiger partial charge in [0.15, 0.2) is 0 Å². The number of anilines is 2. The van der Waals surface area contributed by atoms with E-state index < -0.39 is 11.9 Å². The quantitative estimate of drug-likeness (QED) is 0.380. The van der Waals surface area contributed by atoms with Gasteiger partial charge in [0, 0.05) is 37.0 Å². The molecule has 1 fully saturated rings. The van der Waals surface area contributed by atoms with E-state index in [2.05, 4.69) is 15.3 Å². The molecule has 0 spiro atoms. The molecule has 5 rings (SSSR count). The summed E-state index contributed by atoms with van der Waals surface area (Å²) in [6.45, 7) is 0.769. The Morgan fingerprint density at radius 1 is 1.22 bits per heavy atom. The van der Waals surface area contributed by atoms with Gasteiger partial charge in [-0.3, -0.25) is 9.78 Å². The number of likely N-dealkylation sites (tertiary alicyclic amines) is 1. The van der Waals surface area contributed by atoms with E-state index in [-0.39, 0.29) is 30.4 Å². The molecule has 180 valence electrons. The molecule has 0 aliphatic carbocycles. The predicted molar refractivity (Wildman–Crippen MR) is 132 cm³/mol. The molecule has 0 bridgehead atoms. The van der Waals surface area contributed by atoms with Gasteiger partial charge in [-0.05, 0) is 23.8 Å². The number of aliphatic hydroxyl groups is 1. The molecule has 10 heteroatoms. The number of aromatic nitrogens is 3. The highest BCUT2D eigenvalue weighted by molar-refractivity contribution is 6.12. The van der Waals surface area contributed by atoms with Crippen molar-refractivity contribution in [3.8, 4) is 17.2 Å². The minimum absolute atomic E-state index is 0.0791. The third kappa shape index (κ3) is 4.28. The van der Waals surface area contributed by atoms with Crippen molar-refractivity contribution in [1.29, 1.82) is 5.26 Å². The number of benzene rings is 2. The van der Waals surface area contributed by atoms with E-state index in [1.807, 2.05) is 36.4 Å². The van der Waals surface area contributed by atoms with Crippen molar-refractivity contribution in [2.45, 2.75) is 12.5 Å². The van der Waals surface area contributed by atoms with E-state index in [0.717, 1.165) is 5.56 Å². The molecule has 2 aromatic heterocycles. The topological polar surface area (TPSA) is 141 Å². The van der Waals surface area contributed by atoms with E-state index in [1.54, 1.807) is 11.0 Å². The number of carbonyl (C=O) groups is 1. The van der Waals surface area contributed by atoms with Gasteiger partial charge in [0.2, 0.25) is 0 Å². The van der Waals surface area contributed by atoms with Crippen molar-refractivity contribution in [3.63, 3.8) is 0 Å². The van der Waals surface area contributed by atoms with Gasteiger partial charge in [-0.2, -0.15) is 5.26 Å². The molecule has 0 unspecified atom stereocenters. The molecule has 9 nitrogen and oxygen atoms in total. The normalized spacial score (nSPS) is 13.3. The predicted octanol–water partition coefficient (Wildman–Crippen LogP) is 2.76. The lowest BCUT2D eigenvalue weighted by Gasteiger charge is -2.36. The summed E-state index contributed by atoms with van der Waals surface area (Å²) in [4.78, 5) is 27.9. The van der Waals surface area contributed by atoms with Crippen LogP contribution in [0, 0.1) is 17.1 Å². The largest absolute Gasteiger partial charge is 0.389 e. The highest BCUT2D eigenvalue weighted by Gasteiger charge is 2.33. The van der Waals surface area contributed by atoms with Crippen molar-refractivity contribution in [1.82, 2.24) is 19.9 Å². The second-order valence-electron chi connectivity index (χ2n) is 8.47. The van der Waals surface area contributed by atoms with Gasteiger partial charge < -0.3 is 21.1 Å². The second kappa shape index (κ2) is 9.56. The van der Waals surface area contributed by atoms with Gasteiger partial charge in [0.1, 0.15) is 35.4 Å². The van der Waals surface area contributed by atoms with Gasteiger partial charge in [0.25, 0.3) is 5.91 Å². The molecule has 1 aliphatic heterocycles. The van der Waals surface area contributed by atoms with Crippen LogP contribution < -0.4 is 11.1 Å². The summed E-state index contributed by atoms with van der Waals surface area (Å²) in [5.74, 6) is -0.377. The molecule has 36 heavy (non-hydrogen) atoms. The molecule has 1 saturated heterocycles. The average molecular weight is 484 g/mol. The summed E-state index contributed by atoms with van der Waals surface area (Å²) in [5, 5.41) is 22.7. The highest BCUT2D eigenvalue weighted by Crippen LogP contribution is 2.35. The Labute approximate surface area is 206 Å². The molecule has 4 N–H and O–H groups in total. The molecule has 0 radical (unpaired) electrons. The Bertz CT molecular complexity index is 1500. The second-order valence-corrected chi connectivity index (χ2v) is 8.47. The van der Waals surface area contributed by atoms with E-state index in [1.165, 1.54) is 18.5 Å². The van der Waals surface area contributed by atoms with E-state index in [4.69, 9.17) is 10.7 Å². The number of hydrogen-bond acceptors (Lipinski definition) is 8. The zero-order valence-electron chi connectivity index (χ0n) is 19.1. The fourth-order valence-corrected chi connectivity index (χ4v) is 4.33. The van der Waals surface area contributed by atoms with Crippen LogP contribution in [0.25, 0.3) is 22.0 Å². The third-order valence-corrected chi connectivity index (χ3v) is 6.09. The lowest BCUT2D eigenvalue weighted by Crippen LogP contribution is -2.53. The van der Waals surface area contributed by atoms with Crippen molar-refractivity contribution in [2.24, 2.45) is 0 Å². The zero-order chi connectivity index (χ0) is 25.2. The molecular formula is C26H22FN7O2. The Morgan fingerprint density at radius 2 is 2.00 bits per heavy atom. The number of amides is 1. The van der Waals surface area contributed by atoms with Gasteiger partial charge in [-0.25, -0.2) is 14.4 Å². The minimum Gasteiger partial charge on any atom is -0.389 e. The van der Waals surface area contributed by atoms with Gasteiger partial charge >= 0.3 is 0 Å². The number of nitrogens with zero attached hydrogens (tertiary/aromatic N) is 5. The molecule has 0 atom stereocenters. The van der Waals surface area contributed by atoms with Gasteiger partial charge in [0.05, 0.1) is 22.9 Å². The summed E-state index contributed by atoms with van der Waals surface area (Å²) in [6, 6.07) is 15.5. The van der Waals surface area contributed by atoms with Crippen LogP contribution in [0.2, 0.25) is 0 Å². The molecule has 2 aromatic carbocycles. The van der Waals surface area contributed by atoms with Gasteiger partial charge in [-0.15, -0.1) is 0 Å². The van der Waals surface area contributed by atoms with Gasteiger partial charge in [-0.1, -0.05) is 30.3 Å². The zero-order valence-corrected chi connectivity index (χ0v) is 19.1. The number of fused-ring (bicyclic) bond motifs is 1. The van der Waals surface area contributed by atoms with Crippen LogP contribution in [0.4, 0.5) is 16.0 Å². The van der Waals surface area contributed by atoms with Crippen LogP contribution in [0.5, 0.6) is 0 Å². The first-order chi connectivity index (χ1) is 17.5. The summed E-state index contributed by atoms with van der Waals surface area (Å²) >= 11 is 0. The average Bonchev–Trinajstić information content (AvgIpc) is 2.86. The molecular weight excluding hydrogens is 461 g/mol. The van der Waals surface area contributed by atoms with Crippen LogP contribution in [0.15, 0.2) is 54.9 Å². The van der Waals surface area contributed by atoms with Crippen LogP contribution >= 0.6 is 0 Å². The smallest absolute Gasteiger partial charge is 0.255 e. The summed E-state index contributed by atoms with van der Waals surface area (Å²) < 4.78 is 14.3. The van der Waals surface area contributed by atoms with Crippen LogP contribution in [0.1, 0.15) is 21.6 Å². The number of nitrogens with one attached hydrogen (secondary N) is 1. The first kappa shape index (κ1) is 23.1. The lowest BCUT2D eigenvalue weighted by atomic mass is 9.91. The minimum atomic E-state index is -0.572. The summed E-state index contributed by atoms with van der Waals surface area (Å²) in [7, 11) is 0. The first-order valence-electron chi connectivity index (χ1n) is 11.4. The van der Waals surface area contributed by atoms with Crippen molar-refractivity contribution in [3.05, 3.63) is 77.5 Å². The number of nitrogens with two attached hydrogens (primary N) is 1. The number of pyridine rings is 1. The first-order valence-corrected chi connectivity index (χ1v) is 11.4. The number of rotatable bonds is 6. The number of hydrogen-bond donors (Lipinski definition) is 3. The highest BCUT2D eigenvalue weighted by atomic mass is 19.1. The summed E-state index contributed by atoms with van der Waals surface area (Å²) in [6.07, 6.45) is 1.07. The molecule has 1 amide bonds. The Hall–Kier alpha value is -4.62. The number of β-amino-alcohol motifs (C(OH)–C–C–N with tert-alkyl or cyclic N) is 1. The van der Waals surface area contributed by atoms with E-state index >= 15 is 0 Å². The fraction of sp³-hybridized carbons (Fsp3) is 0.192. The molecule has 4 aromatic rings. The lowest BCUT2D eigenvalue weighted by molar-refractivity contribution is 0.00607. The number of carbonyl (C=O) groups excluding carboxylic acids is 1. The number of nitriles is 1. The number of aliphatic hydroxyl groups excluding tert-OH is 1. The molecule has 3 heterocycles. The SMILES string of the molecule is N#Cc1c(N)ncnc1NCCc1nc2ccc(F)cc2c(C(=O)N2CC(O)C2)c1-c1ccccc1. The van der Waals surface area contributed by atoms with Crippen LogP contribution in [-0.4, -0.2) is 56.6 Å². The van der Waals surface area contributed by atoms with Crippen molar-refractivity contribution >= 4 is 28.4 Å². The maximum absolute atomic E-state index is 14.3. The van der Waals surface area contributed by atoms with E-state index in [9.17, 15) is 19.6 Å². The van der Waals surface area contributed by atoms with Crippen molar-refractivity contribution < 1.29 is 14.3 Å². The molecule has 0 saturated carbocycles. The molecule has 1 aliphatic rings. The monoisotopic (exact) mass is 483 g/mol.